The van der Waals surface area contributed by atoms with Crippen LogP contribution in [0.1, 0.15) is 207 Å². The van der Waals surface area contributed by atoms with E-state index in [2.05, 4.69) is 13.8 Å². The Kier molecular flexibility index (Phi) is 24.4. The summed E-state index contributed by atoms with van der Waals surface area (Å²) in [7, 11) is 0. The molecule has 0 saturated heterocycles. The summed E-state index contributed by atoms with van der Waals surface area (Å²) in [6.45, 7) is 8.74. The number of carbonyl (C=O) groups is 4. The van der Waals surface area contributed by atoms with E-state index in [4.69, 9.17) is 0 Å². The minimum absolute atomic E-state index is 0.137. The molecule has 6 heteroatoms. The van der Waals surface area contributed by atoms with Gasteiger partial charge in [0.05, 0.1) is 0 Å². The fraction of sp³-hybridized carbons (Fsp3) is 0.864. The van der Waals surface area contributed by atoms with Gasteiger partial charge in [0.15, 0.2) is 0 Å². The molecular weight excluding hydrogens is 620 g/mol. The first kappa shape index (κ1) is 44.2. The summed E-state index contributed by atoms with van der Waals surface area (Å²) >= 11 is 0. The van der Waals surface area contributed by atoms with E-state index in [9.17, 15) is 19.2 Å². The Bertz CT molecular complexity index is 945. The van der Waals surface area contributed by atoms with Gasteiger partial charge in [-0.05, 0) is 62.2 Å². The Morgan fingerprint density at radius 2 is 0.900 bits per heavy atom. The highest BCUT2D eigenvalue weighted by molar-refractivity contribution is 6.12. The average molecular weight is 699 g/mol. The van der Waals surface area contributed by atoms with Crippen molar-refractivity contribution in [2.45, 2.75) is 207 Å². The van der Waals surface area contributed by atoms with Gasteiger partial charge in [-0.1, -0.05) is 155 Å². The third kappa shape index (κ3) is 18.0. The van der Waals surface area contributed by atoms with Crippen molar-refractivity contribution < 1.29 is 19.2 Å². The van der Waals surface area contributed by atoms with Gasteiger partial charge in [-0.25, -0.2) is 0 Å². The second-order valence-corrected chi connectivity index (χ2v) is 16.0. The van der Waals surface area contributed by atoms with Crippen molar-refractivity contribution >= 4 is 23.6 Å². The van der Waals surface area contributed by atoms with Crippen molar-refractivity contribution in [1.82, 2.24) is 9.80 Å². The molecule has 2 aliphatic rings. The number of imide groups is 2. The normalized spacial score (nSPS) is 20.6. The molecule has 0 aromatic carbocycles. The Hall–Kier alpha value is -1.98. The van der Waals surface area contributed by atoms with Crippen molar-refractivity contribution in [3.05, 3.63) is 12.2 Å². The molecule has 0 aromatic rings. The summed E-state index contributed by atoms with van der Waals surface area (Å²) in [5.41, 5.74) is 0. The lowest BCUT2D eigenvalue weighted by Gasteiger charge is -2.44. The largest absolute Gasteiger partial charge is 0.283 e. The van der Waals surface area contributed by atoms with Gasteiger partial charge >= 0.3 is 0 Å². The van der Waals surface area contributed by atoms with E-state index >= 15 is 0 Å². The SMILES string of the molecule is CCCCCCCCC1C(CCCCCC)CCC(CCCCCCCCN2C(=O)C=CC2=O)C1CCCCCCCCN(C(C)=O)C(C)=O. The van der Waals surface area contributed by atoms with Crippen LogP contribution in [0.5, 0.6) is 0 Å². The van der Waals surface area contributed by atoms with E-state index in [0.717, 1.165) is 49.4 Å². The molecule has 1 heterocycles. The van der Waals surface area contributed by atoms with E-state index in [1.54, 1.807) is 0 Å². The number of carbonyl (C=O) groups excluding carboxylic acids is 4. The van der Waals surface area contributed by atoms with E-state index in [1.165, 1.54) is 190 Å². The second kappa shape index (κ2) is 27.6. The van der Waals surface area contributed by atoms with Gasteiger partial charge in [0.25, 0.3) is 11.8 Å². The highest BCUT2D eigenvalue weighted by Gasteiger charge is 2.37. The van der Waals surface area contributed by atoms with Gasteiger partial charge in [-0.3, -0.25) is 29.0 Å². The number of hydrogen-bond acceptors (Lipinski definition) is 4. The highest BCUT2D eigenvalue weighted by atomic mass is 16.2. The number of rotatable bonds is 30. The van der Waals surface area contributed by atoms with Crippen LogP contribution < -0.4 is 0 Å². The molecule has 2 rings (SSSR count). The zero-order chi connectivity index (χ0) is 36.4. The molecule has 50 heavy (non-hydrogen) atoms. The molecule has 6 nitrogen and oxygen atoms in total. The van der Waals surface area contributed by atoms with Gasteiger partial charge in [-0.15, -0.1) is 0 Å². The number of amides is 4. The maximum absolute atomic E-state index is 11.8. The predicted molar refractivity (Wildman–Crippen MR) is 209 cm³/mol. The van der Waals surface area contributed by atoms with Gasteiger partial charge in [0.1, 0.15) is 0 Å². The quantitative estimate of drug-likeness (QED) is 0.0553. The van der Waals surface area contributed by atoms with E-state index in [0.29, 0.717) is 13.1 Å². The molecule has 1 aliphatic carbocycles. The van der Waals surface area contributed by atoms with Crippen molar-refractivity contribution in [2.75, 3.05) is 13.1 Å². The van der Waals surface area contributed by atoms with Crippen LogP contribution in [0.2, 0.25) is 0 Å². The monoisotopic (exact) mass is 699 g/mol. The summed E-state index contributed by atoms with van der Waals surface area (Å²) in [5, 5.41) is 0. The molecule has 4 unspecified atom stereocenters. The fourth-order valence-corrected chi connectivity index (χ4v) is 9.09. The van der Waals surface area contributed by atoms with E-state index < -0.39 is 0 Å². The molecule has 0 bridgehead atoms. The standard InChI is InChI=1S/C44H78N2O4/c1-5-7-9-11-17-23-29-41-39(27-21-10-8-6-2)31-32-40(28-22-16-12-14-20-26-36-46-43(49)33-34-44(46)50)42(41)30-24-18-13-15-19-25-35-45(37(3)47)38(4)48/h33-34,39-42H,5-32,35-36H2,1-4H3. The first-order valence-electron chi connectivity index (χ1n) is 21.6. The maximum Gasteiger partial charge on any atom is 0.253 e. The van der Waals surface area contributed by atoms with E-state index in [-0.39, 0.29) is 23.6 Å². The van der Waals surface area contributed by atoms with Gasteiger partial charge in [0.2, 0.25) is 11.8 Å². The zero-order valence-corrected chi connectivity index (χ0v) is 33.2. The van der Waals surface area contributed by atoms with Gasteiger partial charge in [0, 0.05) is 39.1 Å². The van der Waals surface area contributed by atoms with Crippen LogP contribution in [-0.2, 0) is 19.2 Å². The summed E-state index contributed by atoms with van der Waals surface area (Å²) in [5.74, 6) is 3.03. The summed E-state index contributed by atoms with van der Waals surface area (Å²) in [6, 6.07) is 0. The molecule has 0 spiro atoms. The smallest absolute Gasteiger partial charge is 0.253 e. The van der Waals surface area contributed by atoms with Crippen molar-refractivity contribution in [3.8, 4) is 0 Å². The first-order chi connectivity index (χ1) is 24.3. The topological polar surface area (TPSA) is 74.8 Å². The number of nitrogens with zero attached hydrogens (tertiary/aromatic N) is 2. The van der Waals surface area contributed by atoms with Crippen LogP contribution in [0.3, 0.4) is 0 Å². The lowest BCUT2D eigenvalue weighted by atomic mass is 9.61. The molecule has 288 valence electrons. The Labute approximate surface area is 308 Å². The number of hydrogen-bond donors (Lipinski definition) is 0. The Balaban J connectivity index is 1.87. The van der Waals surface area contributed by atoms with Crippen molar-refractivity contribution in [1.29, 1.82) is 0 Å². The Morgan fingerprint density at radius 1 is 0.540 bits per heavy atom. The molecule has 1 aliphatic heterocycles. The third-order valence-electron chi connectivity index (χ3n) is 12.0. The lowest BCUT2D eigenvalue weighted by Crippen LogP contribution is -2.35. The molecule has 0 radical (unpaired) electrons. The fourth-order valence-electron chi connectivity index (χ4n) is 9.09. The molecular formula is C44H78N2O4. The van der Waals surface area contributed by atoms with E-state index in [1.807, 2.05) is 0 Å². The molecule has 4 atom stereocenters. The average Bonchev–Trinajstić information content (AvgIpc) is 3.41. The molecule has 0 aromatic heterocycles. The first-order valence-corrected chi connectivity index (χ1v) is 21.6. The highest BCUT2D eigenvalue weighted by Crippen LogP contribution is 2.47. The maximum atomic E-state index is 11.8. The van der Waals surface area contributed by atoms with Crippen molar-refractivity contribution in [3.63, 3.8) is 0 Å². The molecule has 0 N–H and O–H groups in total. The lowest BCUT2D eigenvalue weighted by molar-refractivity contribution is -0.142. The molecule has 1 saturated carbocycles. The Morgan fingerprint density at radius 3 is 1.34 bits per heavy atom. The third-order valence-corrected chi connectivity index (χ3v) is 12.0. The minimum atomic E-state index is -0.154. The van der Waals surface area contributed by atoms with Crippen LogP contribution in [0.15, 0.2) is 12.2 Å². The summed E-state index contributed by atoms with van der Waals surface area (Å²) < 4.78 is 0. The van der Waals surface area contributed by atoms with Crippen LogP contribution in [-0.4, -0.2) is 46.5 Å². The molecule has 4 amide bonds. The van der Waals surface area contributed by atoms with Crippen molar-refractivity contribution in [2.24, 2.45) is 23.7 Å². The molecule has 1 fully saturated rings. The zero-order valence-electron chi connectivity index (χ0n) is 33.2. The van der Waals surface area contributed by atoms with Crippen LogP contribution in [0.25, 0.3) is 0 Å². The van der Waals surface area contributed by atoms with Crippen LogP contribution in [0.4, 0.5) is 0 Å². The number of unbranched alkanes of at least 4 members (excludes halogenated alkanes) is 18. The summed E-state index contributed by atoms with van der Waals surface area (Å²) in [4.78, 5) is 49.8. The van der Waals surface area contributed by atoms with Crippen LogP contribution >= 0.6 is 0 Å². The minimum Gasteiger partial charge on any atom is -0.283 e. The van der Waals surface area contributed by atoms with Gasteiger partial charge in [-0.2, -0.15) is 0 Å². The van der Waals surface area contributed by atoms with Gasteiger partial charge < -0.3 is 0 Å². The second-order valence-electron chi connectivity index (χ2n) is 16.0. The van der Waals surface area contributed by atoms with Crippen LogP contribution in [0, 0.1) is 23.7 Å². The predicted octanol–water partition coefficient (Wildman–Crippen LogP) is 11.7. The summed E-state index contributed by atoms with van der Waals surface area (Å²) in [6.07, 6.45) is 39.5.